The van der Waals surface area contributed by atoms with Crippen LogP contribution in [-0.4, -0.2) is 14.5 Å². The zero-order valence-electron chi connectivity index (χ0n) is 36.5. The maximum atomic E-state index is 14.8. The van der Waals surface area contributed by atoms with E-state index in [1.807, 2.05) is 150 Å². The summed E-state index contributed by atoms with van der Waals surface area (Å²) in [5.41, 5.74) is 7.90. The number of halogens is 6. The molecular weight excluding hydrogens is 877 g/mol. The summed E-state index contributed by atoms with van der Waals surface area (Å²) in [6.45, 7) is 0. The van der Waals surface area contributed by atoms with Gasteiger partial charge in [-0.15, -0.1) is 0 Å². The molecule has 69 heavy (non-hydrogen) atoms. The monoisotopic (exact) mass is 913 g/mol. The Bertz CT molecular complexity index is 3440. The quantitative estimate of drug-likeness (QED) is 0.142. The van der Waals surface area contributed by atoms with Gasteiger partial charge in [-0.1, -0.05) is 158 Å². The lowest BCUT2D eigenvalue weighted by atomic mass is 9.90. The van der Waals surface area contributed by atoms with Crippen molar-refractivity contribution in [3.8, 4) is 84.1 Å². The summed E-state index contributed by atoms with van der Waals surface area (Å²) in [6.07, 6.45) is -9.40. The summed E-state index contributed by atoms with van der Waals surface area (Å²) in [4.78, 5) is 10.0. The van der Waals surface area contributed by atoms with E-state index in [4.69, 9.17) is 9.97 Å². The lowest BCUT2D eigenvalue weighted by molar-refractivity contribution is -0.138. The average molecular weight is 914 g/mol. The second kappa shape index (κ2) is 17.3. The first-order valence-electron chi connectivity index (χ1n) is 22.2. The highest BCUT2D eigenvalue weighted by Crippen LogP contribution is 2.47. The van der Waals surface area contributed by atoms with Gasteiger partial charge < -0.3 is 4.57 Å². The van der Waals surface area contributed by atoms with Crippen molar-refractivity contribution in [1.82, 2.24) is 14.5 Å². The standard InChI is InChI=1S/C60H37F6N3/c61-59(62,63)47-25-13-23-44(31-47)49-35-46(54-37-53(40-19-9-3-10-20-40)67-58(68-54)41-21-11-4-12-22-41)36-50(45-24-14-26-48(32-45)60(64,65)66)57(49)69-55-29-27-42(38-15-5-1-6-16-38)33-51(55)52-34-43(28-30-56(52)69)39-17-7-2-8-18-39/h1-37H. The van der Waals surface area contributed by atoms with Crippen LogP contribution >= 0.6 is 0 Å². The molecule has 9 aromatic carbocycles. The molecule has 2 heterocycles. The van der Waals surface area contributed by atoms with Gasteiger partial charge in [-0.3, -0.25) is 0 Å². The Kier molecular flexibility index (Phi) is 10.8. The molecule has 11 rings (SSSR count). The number of fused-ring (bicyclic) bond motifs is 3. The number of rotatable bonds is 8. The number of hydrogen-bond acceptors (Lipinski definition) is 2. The maximum absolute atomic E-state index is 14.8. The zero-order valence-corrected chi connectivity index (χ0v) is 36.5. The Balaban J connectivity index is 1.29. The minimum absolute atomic E-state index is 0.201. The van der Waals surface area contributed by atoms with E-state index < -0.39 is 23.5 Å². The molecule has 0 saturated heterocycles. The van der Waals surface area contributed by atoms with Gasteiger partial charge in [0.2, 0.25) is 0 Å². The van der Waals surface area contributed by atoms with Gasteiger partial charge in [-0.05, 0) is 100 Å². The molecule has 0 spiro atoms. The van der Waals surface area contributed by atoms with Gasteiger partial charge >= 0.3 is 12.4 Å². The summed E-state index contributed by atoms with van der Waals surface area (Å²) in [5, 5.41) is 1.68. The summed E-state index contributed by atoms with van der Waals surface area (Å²) < 4.78 is 90.5. The Morgan fingerprint density at radius 3 is 1.13 bits per heavy atom. The van der Waals surface area contributed by atoms with Crippen molar-refractivity contribution in [2.45, 2.75) is 12.4 Å². The largest absolute Gasteiger partial charge is 0.416 e. The SMILES string of the molecule is FC(F)(F)c1cccc(-c2cc(-c3cc(-c4ccccc4)nc(-c4ccccc4)n3)cc(-c3cccc(C(F)(F)F)c3)c2-n2c3ccc(-c4ccccc4)cc3c3cc(-c4ccccc4)ccc32)c1. The van der Waals surface area contributed by atoms with Crippen molar-refractivity contribution in [1.29, 1.82) is 0 Å². The van der Waals surface area contributed by atoms with Crippen molar-refractivity contribution >= 4 is 21.8 Å². The molecule has 0 unspecified atom stereocenters. The second-order valence-corrected chi connectivity index (χ2v) is 16.8. The van der Waals surface area contributed by atoms with Gasteiger partial charge in [0.25, 0.3) is 0 Å². The molecule has 0 bridgehead atoms. The molecule has 334 valence electrons. The Hall–Kier alpha value is -8.56. The summed E-state index contributed by atoms with van der Waals surface area (Å²) >= 11 is 0. The van der Waals surface area contributed by atoms with Crippen LogP contribution in [0.3, 0.4) is 0 Å². The molecule has 0 fully saturated rings. The molecular formula is C60H37F6N3. The highest BCUT2D eigenvalue weighted by atomic mass is 19.4. The van der Waals surface area contributed by atoms with Crippen molar-refractivity contribution in [3.63, 3.8) is 0 Å². The van der Waals surface area contributed by atoms with Crippen LogP contribution in [0.4, 0.5) is 26.3 Å². The van der Waals surface area contributed by atoms with E-state index >= 15 is 0 Å². The fourth-order valence-electron chi connectivity index (χ4n) is 9.14. The van der Waals surface area contributed by atoms with E-state index in [1.165, 1.54) is 12.1 Å². The third-order valence-electron chi connectivity index (χ3n) is 12.4. The molecule has 0 aliphatic heterocycles. The van der Waals surface area contributed by atoms with E-state index in [1.54, 1.807) is 30.3 Å². The van der Waals surface area contributed by atoms with Gasteiger partial charge in [-0.2, -0.15) is 26.3 Å². The van der Waals surface area contributed by atoms with Crippen LogP contribution in [0, 0.1) is 0 Å². The molecule has 0 N–H and O–H groups in total. The molecule has 0 aliphatic carbocycles. The first-order valence-corrected chi connectivity index (χ1v) is 22.2. The predicted molar refractivity (Wildman–Crippen MR) is 264 cm³/mol. The van der Waals surface area contributed by atoms with Crippen LogP contribution in [0.5, 0.6) is 0 Å². The van der Waals surface area contributed by atoms with Gasteiger partial charge in [0.15, 0.2) is 5.82 Å². The first-order chi connectivity index (χ1) is 33.5. The molecule has 2 aromatic heterocycles. The number of benzene rings is 9. The maximum Gasteiger partial charge on any atom is 0.416 e. The number of hydrogen-bond donors (Lipinski definition) is 0. The van der Waals surface area contributed by atoms with Crippen LogP contribution < -0.4 is 0 Å². The summed E-state index contributed by atoms with van der Waals surface area (Å²) in [7, 11) is 0. The zero-order chi connectivity index (χ0) is 47.3. The number of alkyl halides is 6. The topological polar surface area (TPSA) is 30.7 Å². The van der Waals surface area contributed by atoms with Gasteiger partial charge in [0.1, 0.15) is 0 Å². The molecule has 0 aliphatic rings. The van der Waals surface area contributed by atoms with Crippen LogP contribution in [-0.2, 0) is 12.4 Å². The van der Waals surface area contributed by atoms with E-state index in [2.05, 4.69) is 12.1 Å². The molecule has 0 atom stereocenters. The molecule has 0 amide bonds. The second-order valence-electron chi connectivity index (χ2n) is 16.8. The van der Waals surface area contributed by atoms with E-state index in [0.717, 1.165) is 68.4 Å². The summed E-state index contributed by atoms with van der Waals surface area (Å²) in [5.74, 6) is 0.392. The molecule has 0 saturated carbocycles. The van der Waals surface area contributed by atoms with Gasteiger partial charge in [-0.25, -0.2) is 9.97 Å². The molecule has 3 nitrogen and oxygen atoms in total. The summed E-state index contributed by atoms with van der Waals surface area (Å²) in [6, 6.07) is 66.4. The minimum atomic E-state index is -4.70. The number of aromatic nitrogens is 3. The Labute approximate surface area is 393 Å². The van der Waals surface area contributed by atoms with Crippen molar-refractivity contribution in [2.24, 2.45) is 0 Å². The smallest absolute Gasteiger partial charge is 0.308 e. The number of nitrogens with zero attached hydrogens (tertiary/aromatic N) is 3. The van der Waals surface area contributed by atoms with Crippen LogP contribution in [0.25, 0.3) is 106 Å². The lowest BCUT2D eigenvalue weighted by Crippen LogP contribution is -2.07. The third-order valence-corrected chi connectivity index (χ3v) is 12.4. The van der Waals surface area contributed by atoms with Crippen LogP contribution in [0.15, 0.2) is 224 Å². The molecule has 9 heteroatoms. The van der Waals surface area contributed by atoms with Crippen molar-refractivity contribution in [3.05, 3.63) is 236 Å². The van der Waals surface area contributed by atoms with E-state index in [-0.39, 0.29) is 11.1 Å². The Morgan fingerprint density at radius 1 is 0.304 bits per heavy atom. The fraction of sp³-hybridized carbons (Fsp3) is 0.0333. The van der Waals surface area contributed by atoms with Gasteiger partial charge in [0, 0.05) is 38.6 Å². The Morgan fingerprint density at radius 2 is 0.696 bits per heavy atom. The highest BCUT2D eigenvalue weighted by Gasteiger charge is 2.33. The predicted octanol–water partition coefficient (Wildman–Crippen LogP) is 17.3. The van der Waals surface area contributed by atoms with Crippen LogP contribution in [0.1, 0.15) is 11.1 Å². The normalized spacial score (nSPS) is 11.9. The fourth-order valence-corrected chi connectivity index (χ4v) is 9.14. The third kappa shape index (κ3) is 8.33. The average Bonchev–Trinajstić information content (AvgIpc) is 3.71. The minimum Gasteiger partial charge on any atom is -0.308 e. The van der Waals surface area contributed by atoms with E-state index in [0.29, 0.717) is 50.6 Å². The molecule has 11 aromatic rings. The van der Waals surface area contributed by atoms with Crippen LogP contribution in [0.2, 0.25) is 0 Å². The van der Waals surface area contributed by atoms with E-state index in [9.17, 15) is 26.3 Å². The van der Waals surface area contributed by atoms with Crippen molar-refractivity contribution < 1.29 is 26.3 Å². The first kappa shape index (κ1) is 43.0. The molecule has 0 radical (unpaired) electrons. The highest BCUT2D eigenvalue weighted by molar-refractivity contribution is 6.13. The lowest BCUT2D eigenvalue weighted by Gasteiger charge is -2.22. The van der Waals surface area contributed by atoms with Crippen molar-refractivity contribution in [2.75, 3.05) is 0 Å². The van der Waals surface area contributed by atoms with Gasteiger partial charge in [0.05, 0.1) is 39.2 Å².